The number of hydrogen-bond acceptors (Lipinski definition) is 5. The Bertz CT molecular complexity index is 615. The molecule has 1 aromatic rings. The van der Waals surface area contributed by atoms with Crippen LogP contribution in [0.4, 0.5) is 0 Å². The highest BCUT2D eigenvalue weighted by atomic mass is 32.2. The van der Waals surface area contributed by atoms with Gasteiger partial charge in [-0.3, -0.25) is 0 Å². The molecule has 0 saturated heterocycles. The van der Waals surface area contributed by atoms with Gasteiger partial charge in [0.15, 0.2) is 0 Å². The van der Waals surface area contributed by atoms with Gasteiger partial charge in [0.05, 0.1) is 5.25 Å². The van der Waals surface area contributed by atoms with Crippen molar-refractivity contribution in [2.24, 2.45) is 0 Å². The van der Waals surface area contributed by atoms with E-state index in [1.165, 1.54) is 0 Å². The van der Waals surface area contributed by atoms with Gasteiger partial charge in [0.2, 0.25) is 10.0 Å². The van der Waals surface area contributed by atoms with E-state index >= 15 is 0 Å². The summed E-state index contributed by atoms with van der Waals surface area (Å²) in [5.41, 5.74) is 1.79. The Morgan fingerprint density at radius 3 is 2.18 bits per heavy atom. The molecule has 0 radical (unpaired) electrons. The van der Waals surface area contributed by atoms with E-state index < -0.39 is 10.0 Å². The number of aryl methyl sites for hydroxylation is 2. The van der Waals surface area contributed by atoms with Crippen molar-refractivity contribution in [1.29, 1.82) is 0 Å². The predicted octanol–water partition coefficient (Wildman–Crippen LogP) is 1.87. The lowest BCUT2D eigenvalue weighted by Crippen LogP contribution is -2.41. The summed E-state index contributed by atoms with van der Waals surface area (Å²) in [6, 6.07) is 2.39. The molecule has 0 aliphatic heterocycles. The van der Waals surface area contributed by atoms with Crippen LogP contribution in [0.3, 0.4) is 0 Å². The third-order valence-electron chi connectivity index (χ3n) is 4.20. The molecule has 0 spiro atoms. The number of nitrogens with zero attached hydrogens (tertiary/aromatic N) is 2. The molecule has 2 aliphatic carbocycles. The Kier molecular flexibility index (Phi) is 4.36. The van der Waals surface area contributed by atoms with Gasteiger partial charge in [-0.15, -0.1) is 0 Å². The highest BCUT2D eigenvalue weighted by Crippen LogP contribution is 2.29. The first kappa shape index (κ1) is 15.7. The first-order valence-corrected chi connectivity index (χ1v) is 9.47. The summed E-state index contributed by atoms with van der Waals surface area (Å²) in [4.78, 5) is 8.59. The van der Waals surface area contributed by atoms with E-state index in [0.717, 1.165) is 49.9 Å². The minimum atomic E-state index is -3.09. The lowest BCUT2D eigenvalue weighted by Gasteiger charge is -2.28. The van der Waals surface area contributed by atoms with Crippen molar-refractivity contribution in [2.45, 2.75) is 69.8 Å². The monoisotopic (exact) mass is 325 g/mol. The quantitative estimate of drug-likeness (QED) is 0.894. The van der Waals surface area contributed by atoms with Crippen LogP contribution in [0, 0.1) is 13.8 Å². The van der Waals surface area contributed by atoms with Crippen molar-refractivity contribution in [3.8, 4) is 6.01 Å². The Morgan fingerprint density at radius 2 is 1.64 bits per heavy atom. The number of rotatable bonds is 5. The van der Waals surface area contributed by atoms with Crippen molar-refractivity contribution < 1.29 is 13.2 Å². The molecular formula is C15H23N3O3S. The van der Waals surface area contributed by atoms with Gasteiger partial charge in [-0.1, -0.05) is 0 Å². The molecule has 0 bridgehead atoms. The highest BCUT2D eigenvalue weighted by molar-refractivity contribution is 7.90. The summed E-state index contributed by atoms with van der Waals surface area (Å²) in [5.74, 6) is 0. The SMILES string of the molecule is Cc1cc(C)nc(OC2CCC(NS(=O)(=O)C3CC3)CC2)n1. The van der Waals surface area contributed by atoms with Gasteiger partial charge in [-0.05, 0) is 58.4 Å². The topological polar surface area (TPSA) is 81.2 Å². The maximum absolute atomic E-state index is 11.9. The number of sulfonamides is 1. The second-order valence-corrected chi connectivity index (χ2v) is 8.38. The normalized spacial score (nSPS) is 25.9. The summed E-state index contributed by atoms with van der Waals surface area (Å²) in [6.45, 7) is 3.84. The van der Waals surface area contributed by atoms with E-state index in [1.807, 2.05) is 19.9 Å². The maximum Gasteiger partial charge on any atom is 0.317 e. The summed E-state index contributed by atoms with van der Waals surface area (Å²) >= 11 is 0. The van der Waals surface area contributed by atoms with E-state index in [-0.39, 0.29) is 17.4 Å². The molecule has 122 valence electrons. The fraction of sp³-hybridized carbons (Fsp3) is 0.733. The van der Waals surface area contributed by atoms with Crippen LogP contribution in [0.15, 0.2) is 6.07 Å². The maximum atomic E-state index is 11.9. The number of ether oxygens (including phenoxy) is 1. The summed E-state index contributed by atoms with van der Waals surface area (Å²) in [6.07, 6.45) is 4.95. The molecule has 2 aliphatic rings. The molecule has 3 rings (SSSR count). The second kappa shape index (κ2) is 6.12. The Hall–Kier alpha value is -1.21. The van der Waals surface area contributed by atoms with Crippen molar-refractivity contribution in [3.63, 3.8) is 0 Å². The first-order chi connectivity index (χ1) is 10.4. The molecule has 22 heavy (non-hydrogen) atoms. The summed E-state index contributed by atoms with van der Waals surface area (Å²) in [7, 11) is -3.09. The Morgan fingerprint density at radius 1 is 1.05 bits per heavy atom. The van der Waals surface area contributed by atoms with Crippen LogP contribution in [0.25, 0.3) is 0 Å². The van der Waals surface area contributed by atoms with Crippen LogP contribution in [0.5, 0.6) is 6.01 Å². The van der Waals surface area contributed by atoms with E-state index in [1.54, 1.807) is 0 Å². The molecule has 1 heterocycles. The molecule has 0 unspecified atom stereocenters. The van der Waals surface area contributed by atoms with Gasteiger partial charge in [-0.2, -0.15) is 0 Å². The minimum absolute atomic E-state index is 0.0469. The average Bonchev–Trinajstić information content (AvgIpc) is 3.24. The van der Waals surface area contributed by atoms with Crippen LogP contribution in [-0.2, 0) is 10.0 Å². The van der Waals surface area contributed by atoms with Crippen LogP contribution < -0.4 is 9.46 Å². The molecule has 6 nitrogen and oxygen atoms in total. The van der Waals surface area contributed by atoms with Gasteiger partial charge in [0, 0.05) is 17.4 Å². The fourth-order valence-electron chi connectivity index (χ4n) is 2.90. The van der Waals surface area contributed by atoms with Crippen LogP contribution in [0.2, 0.25) is 0 Å². The molecule has 0 aromatic carbocycles. The largest absolute Gasteiger partial charge is 0.460 e. The van der Waals surface area contributed by atoms with Crippen molar-refractivity contribution in [2.75, 3.05) is 0 Å². The van der Waals surface area contributed by atoms with E-state index in [4.69, 9.17) is 4.74 Å². The van der Waals surface area contributed by atoms with E-state index in [9.17, 15) is 8.42 Å². The third-order valence-corrected chi connectivity index (χ3v) is 6.21. The molecule has 2 fully saturated rings. The van der Waals surface area contributed by atoms with Gasteiger partial charge < -0.3 is 4.74 Å². The molecule has 2 saturated carbocycles. The van der Waals surface area contributed by atoms with E-state index in [2.05, 4.69) is 14.7 Å². The van der Waals surface area contributed by atoms with Crippen LogP contribution in [0.1, 0.15) is 49.9 Å². The number of aromatic nitrogens is 2. The Labute approximate surface area is 131 Å². The zero-order chi connectivity index (χ0) is 15.7. The van der Waals surface area contributed by atoms with Gasteiger partial charge in [-0.25, -0.2) is 23.1 Å². The molecule has 0 atom stereocenters. The van der Waals surface area contributed by atoms with Crippen molar-refractivity contribution in [3.05, 3.63) is 17.5 Å². The lowest BCUT2D eigenvalue weighted by atomic mass is 9.94. The first-order valence-electron chi connectivity index (χ1n) is 7.92. The van der Waals surface area contributed by atoms with Crippen molar-refractivity contribution >= 4 is 10.0 Å². The minimum Gasteiger partial charge on any atom is -0.460 e. The smallest absolute Gasteiger partial charge is 0.317 e. The van der Waals surface area contributed by atoms with Gasteiger partial charge in [0.1, 0.15) is 6.10 Å². The van der Waals surface area contributed by atoms with Crippen molar-refractivity contribution in [1.82, 2.24) is 14.7 Å². The number of hydrogen-bond donors (Lipinski definition) is 1. The number of nitrogens with one attached hydrogen (secondary N) is 1. The highest BCUT2D eigenvalue weighted by Gasteiger charge is 2.37. The Balaban J connectivity index is 1.51. The van der Waals surface area contributed by atoms with Gasteiger partial charge in [0.25, 0.3) is 0 Å². The zero-order valence-corrected chi connectivity index (χ0v) is 13.9. The molecular weight excluding hydrogens is 302 g/mol. The lowest BCUT2D eigenvalue weighted by molar-refractivity contribution is 0.131. The molecule has 1 N–H and O–H groups in total. The third kappa shape index (κ3) is 3.95. The van der Waals surface area contributed by atoms with Crippen LogP contribution in [-0.4, -0.2) is 35.8 Å². The van der Waals surface area contributed by atoms with E-state index in [0.29, 0.717) is 6.01 Å². The molecule has 1 aromatic heterocycles. The molecule has 7 heteroatoms. The predicted molar refractivity (Wildman–Crippen MR) is 83.3 cm³/mol. The second-order valence-electron chi connectivity index (χ2n) is 6.39. The van der Waals surface area contributed by atoms with Gasteiger partial charge >= 0.3 is 6.01 Å². The fourth-order valence-corrected chi connectivity index (χ4v) is 4.55. The standard InChI is InChI=1S/C15H23N3O3S/c1-10-9-11(2)17-15(16-10)21-13-5-3-12(4-6-13)18-22(19,20)14-7-8-14/h9,12-14,18H,3-8H2,1-2H3. The summed E-state index contributed by atoms with van der Waals surface area (Å²) < 4.78 is 32.6. The zero-order valence-electron chi connectivity index (χ0n) is 13.1. The molecule has 0 amide bonds. The average molecular weight is 325 g/mol. The van der Waals surface area contributed by atoms with Crippen LogP contribution >= 0.6 is 0 Å². The summed E-state index contributed by atoms with van der Waals surface area (Å²) in [5, 5.41) is -0.148.